The normalized spacial score (nSPS) is 11.2. The predicted octanol–water partition coefficient (Wildman–Crippen LogP) is 6.18. The molecule has 0 unspecified atom stereocenters. The number of hydrogen-bond acceptors (Lipinski definition) is 2. The first-order valence-electron chi connectivity index (χ1n) is 10.5. The van der Waals surface area contributed by atoms with Crippen molar-refractivity contribution in [2.45, 2.75) is 0 Å². The van der Waals surface area contributed by atoms with Gasteiger partial charge in [0.15, 0.2) is 5.65 Å². The minimum absolute atomic E-state index is 0.121. The minimum Gasteiger partial charge on any atom is -0.288 e. The lowest BCUT2D eigenvalue weighted by atomic mass is 10.0. The number of rotatable bonds is 3. The number of nitrogens with zero attached hydrogens (tertiary/aromatic N) is 2. The van der Waals surface area contributed by atoms with Crippen molar-refractivity contribution in [2.75, 3.05) is 0 Å². The van der Waals surface area contributed by atoms with Gasteiger partial charge in [-0.15, -0.1) is 0 Å². The van der Waals surface area contributed by atoms with Crippen molar-refractivity contribution in [3.05, 3.63) is 120 Å². The van der Waals surface area contributed by atoms with E-state index in [1.807, 2.05) is 91.0 Å². The van der Waals surface area contributed by atoms with Gasteiger partial charge in [0, 0.05) is 11.8 Å². The van der Waals surface area contributed by atoms with Crippen LogP contribution in [-0.2, 0) is 0 Å². The molecule has 32 heavy (non-hydrogen) atoms. The summed E-state index contributed by atoms with van der Waals surface area (Å²) >= 11 is 0. The fourth-order valence-electron chi connectivity index (χ4n) is 4.26. The molecule has 0 aliphatic rings. The molecule has 0 aliphatic heterocycles. The van der Waals surface area contributed by atoms with Crippen LogP contribution in [0, 0.1) is 0 Å². The zero-order chi connectivity index (χ0) is 21.5. The molecule has 2 aromatic heterocycles. The van der Waals surface area contributed by atoms with Crippen molar-refractivity contribution in [2.24, 2.45) is 0 Å². The van der Waals surface area contributed by atoms with Crippen LogP contribution >= 0.6 is 0 Å². The molecule has 0 radical (unpaired) electrons. The summed E-state index contributed by atoms with van der Waals surface area (Å²) < 4.78 is 1.56. The lowest BCUT2D eigenvalue weighted by molar-refractivity contribution is 0.906. The van der Waals surface area contributed by atoms with E-state index in [0.29, 0.717) is 11.2 Å². The maximum atomic E-state index is 13.6. The van der Waals surface area contributed by atoms with E-state index in [-0.39, 0.29) is 5.56 Å². The molecule has 0 atom stereocenters. The quantitative estimate of drug-likeness (QED) is 0.377. The summed E-state index contributed by atoms with van der Waals surface area (Å²) in [6.45, 7) is 0. The van der Waals surface area contributed by atoms with Gasteiger partial charge in [-0.2, -0.15) is 4.52 Å². The van der Waals surface area contributed by atoms with Crippen molar-refractivity contribution >= 4 is 16.4 Å². The molecule has 1 N–H and O–H groups in total. The van der Waals surface area contributed by atoms with Gasteiger partial charge in [0.1, 0.15) is 0 Å². The molecule has 0 fully saturated rings. The van der Waals surface area contributed by atoms with Gasteiger partial charge >= 0.3 is 0 Å². The Morgan fingerprint density at radius 3 is 2.06 bits per heavy atom. The Balaban J connectivity index is 1.62. The highest BCUT2D eigenvalue weighted by molar-refractivity contribution is 5.91. The van der Waals surface area contributed by atoms with E-state index in [2.05, 4.69) is 17.2 Å². The molecule has 6 aromatic rings. The summed E-state index contributed by atoms with van der Waals surface area (Å²) in [6, 6.07) is 34.3. The Morgan fingerprint density at radius 1 is 0.656 bits per heavy atom. The highest BCUT2D eigenvalue weighted by Gasteiger charge is 2.19. The number of hydrogen-bond donors (Lipinski definition) is 1. The highest BCUT2D eigenvalue weighted by Crippen LogP contribution is 2.34. The van der Waals surface area contributed by atoms with Crippen LogP contribution in [0.5, 0.6) is 0 Å². The van der Waals surface area contributed by atoms with Crippen molar-refractivity contribution in [1.82, 2.24) is 14.6 Å². The lowest BCUT2D eigenvalue weighted by Gasteiger charge is -2.05. The van der Waals surface area contributed by atoms with Crippen LogP contribution in [0.2, 0.25) is 0 Å². The van der Waals surface area contributed by atoms with Crippen LogP contribution < -0.4 is 5.56 Å². The standard InChI is InChI=1S/C28H19N3O/c32-28-24(23-16-15-19-9-7-8-14-22(19)17-23)18-29-27-25(20-10-3-1-4-11-20)26(30-31(27)28)21-12-5-2-6-13-21/h1-18,30H. The fourth-order valence-corrected chi connectivity index (χ4v) is 4.26. The van der Waals surface area contributed by atoms with E-state index in [0.717, 1.165) is 38.7 Å². The second kappa shape index (κ2) is 7.36. The van der Waals surface area contributed by atoms with Gasteiger partial charge in [-0.3, -0.25) is 9.89 Å². The summed E-state index contributed by atoms with van der Waals surface area (Å²) in [4.78, 5) is 18.3. The lowest BCUT2D eigenvalue weighted by Crippen LogP contribution is -2.17. The third-order valence-electron chi connectivity index (χ3n) is 5.84. The number of H-pyrrole nitrogens is 1. The summed E-state index contributed by atoms with van der Waals surface area (Å²) in [6.07, 6.45) is 1.69. The second-order valence-electron chi connectivity index (χ2n) is 7.79. The SMILES string of the molecule is O=c1c(-c2ccc3ccccc3c2)cnc2c(-c3ccccc3)c(-c3ccccc3)[nH]n12. The van der Waals surface area contributed by atoms with Crippen LogP contribution in [0.4, 0.5) is 0 Å². The zero-order valence-electron chi connectivity index (χ0n) is 17.2. The van der Waals surface area contributed by atoms with E-state index in [1.54, 1.807) is 10.7 Å². The summed E-state index contributed by atoms with van der Waals surface area (Å²) in [5.41, 5.74) is 5.71. The Morgan fingerprint density at radius 2 is 1.31 bits per heavy atom. The predicted molar refractivity (Wildman–Crippen MR) is 130 cm³/mol. The number of fused-ring (bicyclic) bond motifs is 2. The fraction of sp³-hybridized carbons (Fsp3) is 0. The largest absolute Gasteiger partial charge is 0.288 e. The number of aromatic amines is 1. The minimum atomic E-state index is -0.121. The van der Waals surface area contributed by atoms with Crippen molar-refractivity contribution in [3.63, 3.8) is 0 Å². The van der Waals surface area contributed by atoms with E-state index < -0.39 is 0 Å². The molecule has 0 amide bonds. The molecule has 0 saturated heterocycles. The smallest absolute Gasteiger partial charge is 0.280 e. The van der Waals surface area contributed by atoms with Gasteiger partial charge < -0.3 is 0 Å². The molecule has 4 nitrogen and oxygen atoms in total. The van der Waals surface area contributed by atoms with Crippen LogP contribution in [-0.4, -0.2) is 14.6 Å². The van der Waals surface area contributed by atoms with Gasteiger partial charge in [-0.1, -0.05) is 97.1 Å². The summed E-state index contributed by atoms with van der Waals surface area (Å²) in [7, 11) is 0. The van der Waals surface area contributed by atoms with Crippen LogP contribution in [0.3, 0.4) is 0 Å². The molecule has 4 heteroatoms. The Kier molecular flexibility index (Phi) is 4.22. The molecule has 4 aromatic carbocycles. The highest BCUT2D eigenvalue weighted by atomic mass is 16.1. The molecule has 0 aliphatic carbocycles. The Hall–Kier alpha value is -4.44. The first kappa shape index (κ1) is 18.3. The van der Waals surface area contributed by atoms with Gasteiger partial charge in [0.05, 0.1) is 16.8 Å². The molecular formula is C28H19N3O. The van der Waals surface area contributed by atoms with Gasteiger partial charge in [-0.25, -0.2) is 4.98 Å². The molecular weight excluding hydrogens is 394 g/mol. The third kappa shape index (κ3) is 2.93. The third-order valence-corrected chi connectivity index (χ3v) is 5.84. The van der Waals surface area contributed by atoms with Crippen molar-refractivity contribution in [1.29, 1.82) is 0 Å². The van der Waals surface area contributed by atoms with Crippen molar-refractivity contribution in [3.8, 4) is 33.5 Å². The summed E-state index contributed by atoms with van der Waals surface area (Å²) in [5, 5.41) is 5.57. The monoisotopic (exact) mass is 413 g/mol. The zero-order valence-corrected chi connectivity index (χ0v) is 17.2. The first-order chi connectivity index (χ1) is 15.8. The Bertz CT molecular complexity index is 1630. The summed E-state index contributed by atoms with van der Waals surface area (Å²) in [5.74, 6) is 0. The maximum absolute atomic E-state index is 13.6. The molecule has 0 bridgehead atoms. The van der Waals surface area contributed by atoms with E-state index >= 15 is 0 Å². The first-order valence-corrected chi connectivity index (χ1v) is 10.5. The number of nitrogens with one attached hydrogen (secondary N) is 1. The van der Waals surface area contributed by atoms with E-state index in [1.165, 1.54) is 0 Å². The Labute approximate surface area is 184 Å². The van der Waals surface area contributed by atoms with E-state index in [9.17, 15) is 4.79 Å². The van der Waals surface area contributed by atoms with Crippen molar-refractivity contribution < 1.29 is 0 Å². The van der Waals surface area contributed by atoms with Gasteiger partial charge in [-0.05, 0) is 28.0 Å². The van der Waals surface area contributed by atoms with Crippen LogP contribution in [0.25, 0.3) is 49.9 Å². The van der Waals surface area contributed by atoms with Gasteiger partial charge in [0.2, 0.25) is 0 Å². The average Bonchev–Trinajstić information content (AvgIpc) is 3.26. The topological polar surface area (TPSA) is 50.2 Å². The second-order valence-corrected chi connectivity index (χ2v) is 7.79. The molecule has 152 valence electrons. The maximum Gasteiger partial charge on any atom is 0.280 e. The number of benzene rings is 4. The van der Waals surface area contributed by atoms with Crippen LogP contribution in [0.15, 0.2) is 114 Å². The van der Waals surface area contributed by atoms with Gasteiger partial charge in [0.25, 0.3) is 5.56 Å². The molecule has 0 saturated carbocycles. The molecule has 0 spiro atoms. The van der Waals surface area contributed by atoms with E-state index in [4.69, 9.17) is 4.98 Å². The average molecular weight is 413 g/mol. The molecule has 2 heterocycles. The molecule has 6 rings (SSSR count). The number of aromatic nitrogens is 3. The van der Waals surface area contributed by atoms with Crippen LogP contribution in [0.1, 0.15) is 0 Å².